The van der Waals surface area contributed by atoms with Gasteiger partial charge in [-0.1, -0.05) is 30.3 Å². The van der Waals surface area contributed by atoms with E-state index in [4.69, 9.17) is 0 Å². The molecule has 33 heavy (non-hydrogen) atoms. The van der Waals surface area contributed by atoms with Gasteiger partial charge in [0, 0.05) is 43.2 Å². The maximum atomic E-state index is 13.8. The third kappa shape index (κ3) is 4.16. The van der Waals surface area contributed by atoms with Crippen molar-refractivity contribution in [3.8, 4) is 0 Å². The molecule has 2 aromatic carbocycles. The molecule has 0 saturated carbocycles. The minimum absolute atomic E-state index is 0.00908. The maximum absolute atomic E-state index is 13.8. The number of aromatic nitrogens is 1. The van der Waals surface area contributed by atoms with Crippen LogP contribution in [0.1, 0.15) is 33.3 Å². The summed E-state index contributed by atoms with van der Waals surface area (Å²) < 4.78 is 15.7. The van der Waals surface area contributed by atoms with Crippen molar-refractivity contribution in [1.82, 2.24) is 14.4 Å². The van der Waals surface area contributed by atoms with Crippen molar-refractivity contribution in [1.29, 1.82) is 0 Å². The standard InChI is InChI=1S/C26H24FN3O2S/c1-18-16-28(11-12-29(18)24(31)20-7-3-2-4-8-20)25(32)23-15-21-10-13-33-26(21)30(23)17-19-6-5-9-22(27)14-19/h2-10,13-15,18H,11-12,16-17H2,1H3. The molecule has 1 unspecified atom stereocenters. The Balaban J connectivity index is 1.37. The fraction of sp³-hybridized carbons (Fsp3) is 0.231. The molecule has 5 nitrogen and oxygen atoms in total. The Morgan fingerprint density at radius 1 is 1.00 bits per heavy atom. The van der Waals surface area contributed by atoms with Crippen LogP contribution in [-0.2, 0) is 6.54 Å². The predicted octanol–water partition coefficient (Wildman–Crippen LogP) is 4.88. The molecule has 2 amide bonds. The van der Waals surface area contributed by atoms with Crippen molar-refractivity contribution in [2.75, 3.05) is 19.6 Å². The molecule has 1 aliphatic rings. The minimum atomic E-state index is -0.289. The molecule has 0 N–H and O–H groups in total. The number of benzene rings is 2. The van der Waals surface area contributed by atoms with E-state index in [1.54, 1.807) is 17.4 Å². The molecule has 3 heterocycles. The van der Waals surface area contributed by atoms with Gasteiger partial charge in [0.05, 0.1) is 0 Å². The molecule has 0 radical (unpaired) electrons. The van der Waals surface area contributed by atoms with Crippen LogP contribution < -0.4 is 0 Å². The van der Waals surface area contributed by atoms with Gasteiger partial charge in [0.2, 0.25) is 0 Å². The van der Waals surface area contributed by atoms with Gasteiger partial charge in [-0.05, 0) is 54.3 Å². The summed E-state index contributed by atoms with van der Waals surface area (Å²) >= 11 is 1.57. The highest BCUT2D eigenvalue weighted by Gasteiger charge is 2.32. The molecule has 1 fully saturated rings. The highest BCUT2D eigenvalue weighted by molar-refractivity contribution is 7.16. The quantitative estimate of drug-likeness (QED) is 0.435. The smallest absolute Gasteiger partial charge is 0.270 e. The Hall–Kier alpha value is -3.45. The number of halogens is 1. The first-order valence-corrected chi connectivity index (χ1v) is 11.9. The zero-order valence-corrected chi connectivity index (χ0v) is 19.1. The summed E-state index contributed by atoms with van der Waals surface area (Å²) in [6.45, 7) is 3.83. The van der Waals surface area contributed by atoms with Gasteiger partial charge in [-0.25, -0.2) is 4.39 Å². The first-order chi connectivity index (χ1) is 16.0. The second-order valence-corrected chi connectivity index (χ2v) is 9.29. The normalized spacial score (nSPS) is 16.4. The summed E-state index contributed by atoms with van der Waals surface area (Å²) in [4.78, 5) is 31.1. The number of carbonyl (C=O) groups is 2. The van der Waals surface area contributed by atoms with E-state index in [9.17, 15) is 14.0 Å². The summed E-state index contributed by atoms with van der Waals surface area (Å²) in [5, 5.41) is 3.00. The number of hydrogen-bond acceptors (Lipinski definition) is 3. The van der Waals surface area contributed by atoms with Gasteiger partial charge in [0.25, 0.3) is 11.8 Å². The summed E-state index contributed by atoms with van der Waals surface area (Å²) in [5.74, 6) is -0.360. The Bertz CT molecular complexity index is 1310. The monoisotopic (exact) mass is 461 g/mol. The molecule has 7 heteroatoms. The number of hydrogen-bond donors (Lipinski definition) is 0. The van der Waals surface area contributed by atoms with Crippen LogP contribution in [0.3, 0.4) is 0 Å². The average molecular weight is 462 g/mol. The number of amides is 2. The zero-order chi connectivity index (χ0) is 22.9. The molecule has 5 rings (SSSR count). The summed E-state index contributed by atoms with van der Waals surface area (Å²) in [6, 6.07) is 19.5. The van der Waals surface area contributed by atoms with Crippen molar-refractivity contribution < 1.29 is 14.0 Å². The number of piperazine rings is 1. The van der Waals surface area contributed by atoms with Crippen LogP contribution in [0.25, 0.3) is 10.2 Å². The van der Waals surface area contributed by atoms with Crippen molar-refractivity contribution in [2.24, 2.45) is 0 Å². The van der Waals surface area contributed by atoms with Crippen LogP contribution in [-0.4, -0.2) is 51.9 Å². The van der Waals surface area contributed by atoms with Gasteiger partial charge in [-0.3, -0.25) is 9.59 Å². The van der Waals surface area contributed by atoms with Crippen LogP contribution in [0.5, 0.6) is 0 Å². The summed E-state index contributed by atoms with van der Waals surface area (Å²) in [6.07, 6.45) is 0. The lowest BCUT2D eigenvalue weighted by Gasteiger charge is -2.40. The maximum Gasteiger partial charge on any atom is 0.270 e. The topological polar surface area (TPSA) is 45.6 Å². The lowest BCUT2D eigenvalue weighted by molar-refractivity contribution is 0.0409. The van der Waals surface area contributed by atoms with Gasteiger partial charge in [0.1, 0.15) is 16.3 Å². The van der Waals surface area contributed by atoms with E-state index in [1.807, 2.05) is 75.2 Å². The fourth-order valence-electron chi connectivity index (χ4n) is 4.48. The van der Waals surface area contributed by atoms with Crippen molar-refractivity contribution in [3.05, 3.63) is 94.7 Å². The van der Waals surface area contributed by atoms with E-state index in [1.165, 1.54) is 12.1 Å². The lowest BCUT2D eigenvalue weighted by Crippen LogP contribution is -2.55. The van der Waals surface area contributed by atoms with E-state index in [-0.39, 0.29) is 23.7 Å². The van der Waals surface area contributed by atoms with E-state index in [2.05, 4.69) is 0 Å². The third-order valence-corrected chi connectivity index (χ3v) is 7.10. The highest BCUT2D eigenvalue weighted by Crippen LogP contribution is 2.28. The molecule has 0 bridgehead atoms. The van der Waals surface area contributed by atoms with Gasteiger partial charge in [-0.15, -0.1) is 11.3 Å². The van der Waals surface area contributed by atoms with E-state index < -0.39 is 0 Å². The molecular formula is C26H24FN3O2S. The predicted molar refractivity (Wildman–Crippen MR) is 128 cm³/mol. The van der Waals surface area contributed by atoms with E-state index in [0.29, 0.717) is 37.4 Å². The van der Waals surface area contributed by atoms with E-state index in [0.717, 1.165) is 15.8 Å². The van der Waals surface area contributed by atoms with Gasteiger partial charge in [-0.2, -0.15) is 0 Å². The minimum Gasteiger partial charge on any atom is -0.334 e. The second-order valence-electron chi connectivity index (χ2n) is 8.39. The Labute approximate surface area is 195 Å². The largest absolute Gasteiger partial charge is 0.334 e. The zero-order valence-electron chi connectivity index (χ0n) is 18.3. The number of fused-ring (bicyclic) bond motifs is 1. The number of rotatable bonds is 4. The molecule has 0 spiro atoms. The van der Waals surface area contributed by atoms with Gasteiger partial charge in [0.15, 0.2) is 0 Å². The fourth-order valence-corrected chi connectivity index (χ4v) is 5.38. The summed E-state index contributed by atoms with van der Waals surface area (Å²) in [7, 11) is 0. The molecule has 1 saturated heterocycles. The number of nitrogens with zero attached hydrogens (tertiary/aromatic N) is 3. The number of carbonyl (C=O) groups excluding carboxylic acids is 2. The van der Waals surface area contributed by atoms with Crippen molar-refractivity contribution in [3.63, 3.8) is 0 Å². The molecule has 0 aliphatic carbocycles. The molecule has 1 atom stereocenters. The van der Waals surface area contributed by atoms with Crippen LogP contribution in [0.15, 0.2) is 72.1 Å². The first-order valence-electron chi connectivity index (χ1n) is 11.0. The van der Waals surface area contributed by atoms with Crippen molar-refractivity contribution >= 4 is 33.4 Å². The molecular weight excluding hydrogens is 437 g/mol. The number of thiophene rings is 1. The third-order valence-electron chi connectivity index (χ3n) is 6.15. The molecule has 2 aromatic heterocycles. The molecule has 4 aromatic rings. The first kappa shape index (κ1) is 21.4. The van der Waals surface area contributed by atoms with Crippen LogP contribution in [0, 0.1) is 5.82 Å². The van der Waals surface area contributed by atoms with E-state index >= 15 is 0 Å². The van der Waals surface area contributed by atoms with Crippen LogP contribution >= 0.6 is 11.3 Å². The van der Waals surface area contributed by atoms with Gasteiger partial charge >= 0.3 is 0 Å². The highest BCUT2D eigenvalue weighted by atomic mass is 32.1. The Kier molecular flexibility index (Phi) is 5.72. The van der Waals surface area contributed by atoms with Crippen LogP contribution in [0.2, 0.25) is 0 Å². The van der Waals surface area contributed by atoms with Crippen molar-refractivity contribution in [2.45, 2.75) is 19.5 Å². The lowest BCUT2D eigenvalue weighted by atomic mass is 10.1. The second kappa shape index (κ2) is 8.83. The average Bonchev–Trinajstić information content (AvgIpc) is 3.41. The Morgan fingerprint density at radius 2 is 1.82 bits per heavy atom. The van der Waals surface area contributed by atoms with Gasteiger partial charge < -0.3 is 14.4 Å². The SMILES string of the molecule is CC1CN(C(=O)c2cc3ccsc3n2Cc2cccc(F)c2)CCN1C(=O)c1ccccc1. The Morgan fingerprint density at radius 3 is 2.58 bits per heavy atom. The summed E-state index contributed by atoms with van der Waals surface area (Å²) in [5.41, 5.74) is 2.06. The molecule has 1 aliphatic heterocycles. The molecule has 168 valence electrons. The van der Waals surface area contributed by atoms with Crippen LogP contribution in [0.4, 0.5) is 4.39 Å².